The summed E-state index contributed by atoms with van der Waals surface area (Å²) in [6, 6.07) is 4.67. The summed E-state index contributed by atoms with van der Waals surface area (Å²) in [5.74, 6) is 0.0563. The largest absolute Gasteiger partial charge is 0.495 e. The molecule has 1 aromatic carbocycles. The van der Waals surface area contributed by atoms with Crippen LogP contribution >= 0.6 is 0 Å². The monoisotopic (exact) mass is 264 g/mol. The van der Waals surface area contributed by atoms with E-state index in [-0.39, 0.29) is 11.7 Å². The van der Waals surface area contributed by atoms with Crippen LogP contribution in [0.25, 0.3) is 0 Å². The van der Waals surface area contributed by atoms with Crippen molar-refractivity contribution in [1.29, 1.82) is 0 Å². The summed E-state index contributed by atoms with van der Waals surface area (Å²) in [4.78, 5) is 0. The Hall–Kier alpha value is -2.24. The zero-order chi connectivity index (χ0) is 13.8. The van der Waals surface area contributed by atoms with Gasteiger partial charge in [-0.1, -0.05) is 0 Å². The van der Waals surface area contributed by atoms with Crippen molar-refractivity contribution in [1.82, 2.24) is 9.78 Å². The second kappa shape index (κ2) is 5.60. The van der Waals surface area contributed by atoms with Gasteiger partial charge in [-0.05, 0) is 13.0 Å². The van der Waals surface area contributed by atoms with Crippen LogP contribution in [0.2, 0.25) is 0 Å². The summed E-state index contributed by atoms with van der Waals surface area (Å²) in [6.45, 7) is 2.59. The highest BCUT2D eigenvalue weighted by Gasteiger charge is 2.11. The molecule has 0 saturated carbocycles. The Bertz CT molecular complexity index is 542. The topological polar surface area (TPSA) is 65.1 Å². The molecule has 0 spiro atoms. The van der Waals surface area contributed by atoms with Crippen LogP contribution in [0.3, 0.4) is 0 Å². The molecule has 1 unspecified atom stereocenters. The van der Waals surface area contributed by atoms with Gasteiger partial charge in [0.2, 0.25) is 0 Å². The number of nitrogen functional groups attached to an aromatic ring is 1. The normalized spacial score (nSPS) is 12.2. The minimum absolute atomic E-state index is 0.0164. The van der Waals surface area contributed by atoms with Crippen LogP contribution < -0.4 is 15.8 Å². The van der Waals surface area contributed by atoms with Gasteiger partial charge >= 0.3 is 0 Å². The van der Waals surface area contributed by atoms with Gasteiger partial charge in [0.15, 0.2) is 0 Å². The van der Waals surface area contributed by atoms with E-state index in [0.717, 1.165) is 0 Å². The minimum Gasteiger partial charge on any atom is -0.495 e. The Morgan fingerprint density at radius 1 is 1.53 bits per heavy atom. The SMILES string of the molecule is COc1cc(NC(C)Cn2cccn2)c(F)cc1N. The van der Waals surface area contributed by atoms with Crippen LogP contribution in [0.15, 0.2) is 30.6 Å². The summed E-state index contributed by atoms with van der Waals surface area (Å²) in [5, 5.41) is 7.19. The lowest BCUT2D eigenvalue weighted by Crippen LogP contribution is -2.22. The second-order valence-electron chi connectivity index (χ2n) is 4.35. The first-order valence-electron chi connectivity index (χ1n) is 5.97. The van der Waals surface area contributed by atoms with E-state index in [9.17, 15) is 4.39 Å². The van der Waals surface area contributed by atoms with Crippen molar-refractivity contribution in [2.24, 2.45) is 0 Å². The van der Waals surface area contributed by atoms with Gasteiger partial charge in [-0.2, -0.15) is 5.10 Å². The highest BCUT2D eigenvalue weighted by molar-refractivity contribution is 5.62. The summed E-state index contributed by atoms with van der Waals surface area (Å²) < 4.78 is 20.6. The Kier molecular flexibility index (Phi) is 3.89. The molecule has 6 heteroatoms. The Balaban J connectivity index is 2.09. The van der Waals surface area contributed by atoms with Gasteiger partial charge in [-0.25, -0.2) is 4.39 Å². The van der Waals surface area contributed by atoms with Gasteiger partial charge < -0.3 is 15.8 Å². The zero-order valence-corrected chi connectivity index (χ0v) is 10.9. The van der Waals surface area contributed by atoms with Crippen LogP contribution in [-0.4, -0.2) is 22.9 Å². The van der Waals surface area contributed by atoms with Gasteiger partial charge in [-0.3, -0.25) is 4.68 Å². The molecule has 0 aliphatic carbocycles. The maximum atomic E-state index is 13.8. The first-order chi connectivity index (χ1) is 9.10. The first-order valence-corrected chi connectivity index (χ1v) is 5.97. The molecular formula is C13H17FN4O. The molecule has 2 aromatic rings. The number of halogens is 1. The summed E-state index contributed by atoms with van der Waals surface area (Å²) in [7, 11) is 1.50. The summed E-state index contributed by atoms with van der Waals surface area (Å²) in [5.41, 5.74) is 6.28. The standard InChI is InChI=1S/C13H17FN4O/c1-9(8-18-5-3-4-16-18)17-12-7-13(19-2)11(15)6-10(12)14/h3-7,9,17H,8,15H2,1-2H3. The lowest BCUT2D eigenvalue weighted by atomic mass is 10.2. The average Bonchev–Trinajstić information content (AvgIpc) is 2.85. The fourth-order valence-electron chi connectivity index (χ4n) is 1.86. The molecular weight excluding hydrogens is 247 g/mol. The molecule has 0 saturated heterocycles. The molecule has 0 bridgehead atoms. The second-order valence-corrected chi connectivity index (χ2v) is 4.35. The van der Waals surface area contributed by atoms with E-state index in [1.54, 1.807) is 16.9 Å². The lowest BCUT2D eigenvalue weighted by molar-refractivity contribution is 0.416. The third kappa shape index (κ3) is 3.15. The molecule has 19 heavy (non-hydrogen) atoms. The molecule has 0 amide bonds. The van der Waals surface area contributed by atoms with Crippen molar-refractivity contribution in [3.63, 3.8) is 0 Å². The van der Waals surface area contributed by atoms with Crippen molar-refractivity contribution >= 4 is 11.4 Å². The number of nitrogens with zero attached hydrogens (tertiary/aromatic N) is 2. The number of ether oxygens (including phenoxy) is 1. The van der Waals surface area contributed by atoms with Crippen molar-refractivity contribution in [2.45, 2.75) is 19.5 Å². The number of hydrogen-bond donors (Lipinski definition) is 2. The Labute approximate surface area is 111 Å². The summed E-state index contributed by atoms with van der Waals surface area (Å²) in [6.07, 6.45) is 3.57. The number of anilines is 2. The molecule has 3 N–H and O–H groups in total. The molecule has 0 radical (unpaired) electrons. The van der Waals surface area contributed by atoms with Gasteiger partial charge in [0.05, 0.1) is 25.0 Å². The first kappa shape index (κ1) is 13.2. The minimum atomic E-state index is -0.398. The molecule has 102 valence electrons. The number of aromatic nitrogens is 2. The van der Waals surface area contributed by atoms with Gasteiger partial charge in [0, 0.05) is 30.6 Å². The molecule has 1 atom stereocenters. The molecule has 2 rings (SSSR count). The molecule has 0 aliphatic rings. The van der Waals surface area contributed by atoms with Crippen LogP contribution in [0.5, 0.6) is 5.75 Å². The Morgan fingerprint density at radius 3 is 2.95 bits per heavy atom. The summed E-state index contributed by atoms with van der Waals surface area (Å²) >= 11 is 0. The third-order valence-electron chi connectivity index (χ3n) is 2.74. The van der Waals surface area contributed by atoms with Gasteiger partial charge in [-0.15, -0.1) is 0 Å². The van der Waals surface area contributed by atoms with Crippen molar-refractivity contribution < 1.29 is 9.13 Å². The Morgan fingerprint density at radius 2 is 2.32 bits per heavy atom. The number of benzene rings is 1. The molecule has 1 heterocycles. The van der Waals surface area contributed by atoms with E-state index in [1.807, 2.05) is 19.2 Å². The van der Waals surface area contributed by atoms with E-state index in [2.05, 4.69) is 10.4 Å². The van der Waals surface area contributed by atoms with E-state index >= 15 is 0 Å². The van der Waals surface area contributed by atoms with E-state index in [0.29, 0.717) is 18.0 Å². The molecule has 1 aromatic heterocycles. The average molecular weight is 264 g/mol. The number of hydrogen-bond acceptors (Lipinski definition) is 4. The molecule has 0 fully saturated rings. The van der Waals surface area contributed by atoms with E-state index in [4.69, 9.17) is 10.5 Å². The molecule has 5 nitrogen and oxygen atoms in total. The van der Waals surface area contributed by atoms with Crippen LogP contribution in [0, 0.1) is 5.82 Å². The van der Waals surface area contributed by atoms with E-state index in [1.165, 1.54) is 13.2 Å². The van der Waals surface area contributed by atoms with Gasteiger partial charge in [0.25, 0.3) is 0 Å². The predicted molar refractivity (Wildman–Crippen MR) is 72.7 cm³/mol. The smallest absolute Gasteiger partial charge is 0.148 e. The van der Waals surface area contributed by atoms with Gasteiger partial charge in [0.1, 0.15) is 11.6 Å². The van der Waals surface area contributed by atoms with Crippen molar-refractivity contribution in [2.75, 3.05) is 18.2 Å². The van der Waals surface area contributed by atoms with E-state index < -0.39 is 5.82 Å². The fraction of sp³-hybridized carbons (Fsp3) is 0.308. The predicted octanol–water partition coefficient (Wildman–Crippen LogP) is 2.11. The number of nitrogens with two attached hydrogens (primary N) is 1. The lowest BCUT2D eigenvalue weighted by Gasteiger charge is -2.17. The maximum absolute atomic E-state index is 13.8. The highest BCUT2D eigenvalue weighted by atomic mass is 19.1. The third-order valence-corrected chi connectivity index (χ3v) is 2.74. The highest BCUT2D eigenvalue weighted by Crippen LogP contribution is 2.28. The quantitative estimate of drug-likeness (QED) is 0.812. The zero-order valence-electron chi connectivity index (χ0n) is 10.9. The van der Waals surface area contributed by atoms with Crippen LogP contribution in [-0.2, 0) is 6.54 Å². The maximum Gasteiger partial charge on any atom is 0.148 e. The van der Waals surface area contributed by atoms with Crippen LogP contribution in [0.4, 0.5) is 15.8 Å². The molecule has 0 aliphatic heterocycles. The number of methoxy groups -OCH3 is 1. The fourth-order valence-corrected chi connectivity index (χ4v) is 1.86. The van der Waals surface area contributed by atoms with Crippen molar-refractivity contribution in [3.8, 4) is 5.75 Å². The van der Waals surface area contributed by atoms with Crippen LogP contribution in [0.1, 0.15) is 6.92 Å². The number of nitrogens with one attached hydrogen (secondary N) is 1. The van der Waals surface area contributed by atoms with Crippen molar-refractivity contribution in [3.05, 3.63) is 36.4 Å². The number of rotatable bonds is 5.